The minimum atomic E-state index is -0.931. The zero-order valence-electron chi connectivity index (χ0n) is 12.4. The summed E-state index contributed by atoms with van der Waals surface area (Å²) in [5.74, 6) is 0.599. The lowest BCUT2D eigenvalue weighted by Gasteiger charge is -2.37. The van der Waals surface area contributed by atoms with E-state index in [1.54, 1.807) is 14.0 Å². The molecule has 1 aromatic rings. The Morgan fingerprint density at radius 2 is 2.19 bits per heavy atom. The van der Waals surface area contributed by atoms with Crippen molar-refractivity contribution < 1.29 is 10.2 Å². The molecule has 7 heteroatoms. The molecule has 5 nitrogen and oxygen atoms in total. The smallest absolute Gasteiger partial charge is 0.191 e. The van der Waals surface area contributed by atoms with E-state index in [1.807, 2.05) is 17.5 Å². The number of rotatable bonds is 5. The fraction of sp³-hybridized carbons (Fsp3) is 0.643. The van der Waals surface area contributed by atoms with Gasteiger partial charge in [0.25, 0.3) is 0 Å². The third kappa shape index (κ3) is 5.08. The molecule has 1 aromatic heterocycles. The summed E-state index contributed by atoms with van der Waals surface area (Å²) in [6, 6.07) is 3.84. The molecule has 21 heavy (non-hydrogen) atoms. The third-order valence-corrected chi connectivity index (χ3v) is 4.87. The van der Waals surface area contributed by atoms with Crippen LogP contribution in [-0.4, -0.2) is 41.9 Å². The Bertz CT molecular complexity index is 459. The fourth-order valence-electron chi connectivity index (χ4n) is 2.16. The predicted molar refractivity (Wildman–Crippen MR) is 97.5 cm³/mol. The Labute approximate surface area is 146 Å². The van der Waals surface area contributed by atoms with Crippen molar-refractivity contribution in [3.8, 4) is 0 Å². The summed E-state index contributed by atoms with van der Waals surface area (Å²) in [6.45, 7) is 2.64. The molecule has 1 atom stereocenters. The standard InChI is InChI=1S/C14H23N3O2S.HI/c1-13(18,11-5-3-8-20-11)9-16-12(15-2)17-10-14(19)6-4-7-14;/h3,5,8,18-19H,4,6-7,9-10H2,1-2H3,(H2,15,16,17);1H. The van der Waals surface area contributed by atoms with E-state index < -0.39 is 11.2 Å². The molecule has 1 fully saturated rings. The van der Waals surface area contributed by atoms with Gasteiger partial charge in [-0.25, -0.2) is 0 Å². The lowest BCUT2D eigenvalue weighted by Crippen LogP contribution is -2.52. The number of guanidine groups is 1. The summed E-state index contributed by atoms with van der Waals surface area (Å²) in [6.07, 6.45) is 2.76. The summed E-state index contributed by atoms with van der Waals surface area (Å²) in [4.78, 5) is 5.02. The van der Waals surface area contributed by atoms with Gasteiger partial charge in [-0.2, -0.15) is 0 Å². The van der Waals surface area contributed by atoms with Gasteiger partial charge in [0, 0.05) is 18.5 Å². The first-order chi connectivity index (χ1) is 9.45. The molecule has 0 spiro atoms. The predicted octanol–water partition coefficient (Wildman–Crippen LogP) is 1.65. The maximum atomic E-state index is 10.4. The largest absolute Gasteiger partial charge is 0.388 e. The van der Waals surface area contributed by atoms with Gasteiger partial charge >= 0.3 is 0 Å². The maximum absolute atomic E-state index is 10.4. The van der Waals surface area contributed by atoms with Gasteiger partial charge in [0.1, 0.15) is 5.60 Å². The topological polar surface area (TPSA) is 76.9 Å². The molecule has 0 aromatic carbocycles. The first-order valence-corrected chi connectivity index (χ1v) is 7.76. The van der Waals surface area contributed by atoms with Crippen molar-refractivity contribution in [2.75, 3.05) is 20.1 Å². The van der Waals surface area contributed by atoms with Crippen LogP contribution in [0.1, 0.15) is 31.1 Å². The van der Waals surface area contributed by atoms with E-state index in [0.717, 1.165) is 24.1 Å². The highest BCUT2D eigenvalue weighted by atomic mass is 127. The Hall–Kier alpha value is -0.380. The van der Waals surface area contributed by atoms with Crippen LogP contribution in [0.4, 0.5) is 0 Å². The van der Waals surface area contributed by atoms with E-state index in [1.165, 1.54) is 11.3 Å². The van der Waals surface area contributed by atoms with Crippen LogP contribution in [0.2, 0.25) is 0 Å². The van der Waals surface area contributed by atoms with Gasteiger partial charge in [-0.05, 0) is 37.6 Å². The molecule has 0 saturated heterocycles. The SMILES string of the molecule is CN=C(NCC1(O)CCC1)NCC(C)(O)c1cccs1.I. The summed E-state index contributed by atoms with van der Waals surface area (Å²) in [5, 5.41) is 28.6. The van der Waals surface area contributed by atoms with Gasteiger partial charge in [-0.1, -0.05) is 6.07 Å². The van der Waals surface area contributed by atoms with Gasteiger partial charge < -0.3 is 20.8 Å². The summed E-state index contributed by atoms with van der Waals surface area (Å²) in [5.41, 5.74) is -1.52. The van der Waals surface area contributed by atoms with E-state index in [2.05, 4.69) is 15.6 Å². The normalized spacial score (nSPS) is 19.9. The molecule has 0 bridgehead atoms. The molecule has 120 valence electrons. The molecule has 1 aliphatic rings. The summed E-state index contributed by atoms with van der Waals surface area (Å²) >= 11 is 1.53. The number of halogens is 1. The van der Waals surface area contributed by atoms with E-state index in [9.17, 15) is 10.2 Å². The Morgan fingerprint density at radius 3 is 2.67 bits per heavy atom. The van der Waals surface area contributed by atoms with Crippen molar-refractivity contribution in [1.82, 2.24) is 10.6 Å². The summed E-state index contributed by atoms with van der Waals surface area (Å²) in [7, 11) is 1.68. The number of hydrogen-bond acceptors (Lipinski definition) is 4. The van der Waals surface area contributed by atoms with E-state index in [0.29, 0.717) is 19.0 Å². The molecule has 1 heterocycles. The molecular weight excluding hydrogens is 401 g/mol. The van der Waals surface area contributed by atoms with Crippen LogP contribution in [0.3, 0.4) is 0 Å². The first kappa shape index (κ1) is 18.7. The molecule has 0 amide bonds. The van der Waals surface area contributed by atoms with Crippen LogP contribution >= 0.6 is 35.3 Å². The van der Waals surface area contributed by atoms with Crippen molar-refractivity contribution in [2.24, 2.45) is 4.99 Å². The number of aliphatic hydroxyl groups is 2. The highest BCUT2D eigenvalue weighted by molar-refractivity contribution is 14.0. The monoisotopic (exact) mass is 425 g/mol. The van der Waals surface area contributed by atoms with E-state index in [4.69, 9.17) is 0 Å². The minimum Gasteiger partial charge on any atom is -0.388 e. The van der Waals surface area contributed by atoms with Crippen LogP contribution in [0.15, 0.2) is 22.5 Å². The van der Waals surface area contributed by atoms with Gasteiger partial charge in [-0.3, -0.25) is 4.99 Å². The minimum absolute atomic E-state index is 0. The second-order valence-corrected chi connectivity index (χ2v) is 6.56. The van der Waals surface area contributed by atoms with Crippen molar-refractivity contribution in [1.29, 1.82) is 0 Å². The van der Waals surface area contributed by atoms with Crippen molar-refractivity contribution >= 4 is 41.3 Å². The van der Waals surface area contributed by atoms with Crippen molar-refractivity contribution in [3.63, 3.8) is 0 Å². The number of aliphatic imine (C=N–C) groups is 1. The molecule has 1 aliphatic carbocycles. The fourth-order valence-corrected chi connectivity index (χ4v) is 2.95. The van der Waals surface area contributed by atoms with Gasteiger partial charge in [0.2, 0.25) is 0 Å². The van der Waals surface area contributed by atoms with Crippen LogP contribution in [0, 0.1) is 0 Å². The number of hydrogen-bond donors (Lipinski definition) is 4. The molecule has 0 radical (unpaired) electrons. The third-order valence-electron chi connectivity index (χ3n) is 3.74. The summed E-state index contributed by atoms with van der Waals surface area (Å²) < 4.78 is 0. The Balaban J connectivity index is 0.00000220. The van der Waals surface area contributed by atoms with Crippen LogP contribution in [0.25, 0.3) is 0 Å². The van der Waals surface area contributed by atoms with Gasteiger partial charge in [0.05, 0.1) is 12.1 Å². The van der Waals surface area contributed by atoms with Crippen LogP contribution in [-0.2, 0) is 5.60 Å². The lowest BCUT2D eigenvalue weighted by atomic mass is 9.80. The molecule has 0 aliphatic heterocycles. The van der Waals surface area contributed by atoms with Gasteiger partial charge in [-0.15, -0.1) is 35.3 Å². The quantitative estimate of drug-likeness (QED) is 0.329. The van der Waals surface area contributed by atoms with Crippen LogP contribution < -0.4 is 10.6 Å². The molecule has 1 unspecified atom stereocenters. The average Bonchev–Trinajstić information content (AvgIpc) is 2.91. The number of thiophene rings is 1. The Kier molecular flexibility index (Phi) is 6.89. The molecule has 1 saturated carbocycles. The highest BCUT2D eigenvalue weighted by Gasteiger charge is 2.34. The van der Waals surface area contributed by atoms with Crippen LogP contribution in [0.5, 0.6) is 0 Å². The lowest BCUT2D eigenvalue weighted by molar-refractivity contribution is -0.0279. The molecule has 2 rings (SSSR count). The molecular formula is C14H24IN3O2S. The maximum Gasteiger partial charge on any atom is 0.191 e. The van der Waals surface area contributed by atoms with E-state index in [-0.39, 0.29) is 24.0 Å². The number of nitrogens with one attached hydrogen (secondary N) is 2. The van der Waals surface area contributed by atoms with Crippen molar-refractivity contribution in [3.05, 3.63) is 22.4 Å². The highest BCUT2D eigenvalue weighted by Crippen LogP contribution is 2.30. The Morgan fingerprint density at radius 1 is 1.48 bits per heavy atom. The molecule has 4 N–H and O–H groups in total. The zero-order chi connectivity index (χ0) is 14.6. The van der Waals surface area contributed by atoms with Gasteiger partial charge in [0.15, 0.2) is 5.96 Å². The first-order valence-electron chi connectivity index (χ1n) is 6.88. The average molecular weight is 425 g/mol. The van der Waals surface area contributed by atoms with Crippen molar-refractivity contribution in [2.45, 2.75) is 37.4 Å². The second-order valence-electron chi connectivity index (χ2n) is 5.61. The zero-order valence-corrected chi connectivity index (χ0v) is 15.6. The number of nitrogens with zero attached hydrogens (tertiary/aromatic N) is 1. The van der Waals surface area contributed by atoms with E-state index >= 15 is 0 Å². The second kappa shape index (κ2) is 7.75.